The normalized spacial score (nSPS) is 11.9. The van der Waals surface area contributed by atoms with E-state index < -0.39 is 0 Å². The maximum Gasteiger partial charge on any atom is 0.180 e. The minimum absolute atomic E-state index is 0.0817. The SMILES string of the molecule is COc1cc(CC(C)N)cc(Cl)c1OCC=C(C)C. The summed E-state index contributed by atoms with van der Waals surface area (Å²) in [6, 6.07) is 3.89. The molecule has 0 saturated heterocycles. The van der Waals surface area contributed by atoms with E-state index in [-0.39, 0.29) is 6.04 Å². The van der Waals surface area contributed by atoms with Crippen LogP contribution in [-0.4, -0.2) is 19.8 Å². The fourth-order valence-electron chi connectivity index (χ4n) is 1.69. The monoisotopic (exact) mass is 283 g/mol. The first-order valence-electron chi connectivity index (χ1n) is 6.32. The lowest BCUT2D eigenvalue weighted by Gasteiger charge is -2.14. The highest BCUT2D eigenvalue weighted by molar-refractivity contribution is 6.32. The van der Waals surface area contributed by atoms with Gasteiger partial charge in [0, 0.05) is 6.04 Å². The molecule has 4 heteroatoms. The number of hydrogen-bond donors (Lipinski definition) is 1. The van der Waals surface area contributed by atoms with Crippen LogP contribution in [0.25, 0.3) is 0 Å². The lowest BCUT2D eigenvalue weighted by molar-refractivity contribution is 0.325. The molecule has 0 amide bonds. The Labute approximate surface area is 120 Å². The Kier molecular flexibility index (Phi) is 6.19. The van der Waals surface area contributed by atoms with Gasteiger partial charge in [0.15, 0.2) is 11.5 Å². The van der Waals surface area contributed by atoms with E-state index in [0.717, 1.165) is 12.0 Å². The van der Waals surface area contributed by atoms with E-state index in [1.54, 1.807) is 7.11 Å². The molecular formula is C15H22ClNO2. The largest absolute Gasteiger partial charge is 0.493 e. The van der Waals surface area contributed by atoms with Crippen molar-refractivity contribution in [1.82, 2.24) is 0 Å². The molecule has 0 aliphatic heterocycles. The van der Waals surface area contributed by atoms with Crippen molar-refractivity contribution >= 4 is 11.6 Å². The summed E-state index contributed by atoms with van der Waals surface area (Å²) in [7, 11) is 1.61. The van der Waals surface area contributed by atoms with E-state index in [2.05, 4.69) is 0 Å². The van der Waals surface area contributed by atoms with Crippen LogP contribution in [-0.2, 0) is 6.42 Å². The molecular weight excluding hydrogens is 262 g/mol. The van der Waals surface area contributed by atoms with Crippen LogP contribution in [0.5, 0.6) is 11.5 Å². The first-order chi connectivity index (χ1) is 8.93. The Hall–Kier alpha value is -1.19. The Morgan fingerprint density at radius 1 is 1.42 bits per heavy atom. The third-order valence-electron chi connectivity index (χ3n) is 2.57. The van der Waals surface area contributed by atoms with Crippen LogP contribution in [0.15, 0.2) is 23.8 Å². The number of halogens is 1. The van der Waals surface area contributed by atoms with Crippen molar-refractivity contribution in [3.05, 3.63) is 34.4 Å². The number of methoxy groups -OCH3 is 1. The molecule has 0 aliphatic rings. The van der Waals surface area contributed by atoms with Crippen molar-refractivity contribution < 1.29 is 9.47 Å². The number of ether oxygens (including phenoxy) is 2. The van der Waals surface area contributed by atoms with Gasteiger partial charge in [-0.05, 0) is 51.0 Å². The quantitative estimate of drug-likeness (QED) is 0.812. The van der Waals surface area contributed by atoms with Crippen LogP contribution in [0.3, 0.4) is 0 Å². The molecule has 2 N–H and O–H groups in total. The summed E-state index contributed by atoms with van der Waals surface area (Å²) in [5, 5.41) is 0.553. The second-order valence-corrected chi connectivity index (χ2v) is 5.29. The van der Waals surface area contributed by atoms with Crippen LogP contribution in [0.1, 0.15) is 26.3 Å². The predicted molar refractivity (Wildman–Crippen MR) is 80.3 cm³/mol. The molecule has 0 fully saturated rings. The molecule has 1 unspecified atom stereocenters. The van der Waals surface area contributed by atoms with E-state index in [9.17, 15) is 0 Å². The summed E-state index contributed by atoms with van der Waals surface area (Å²) in [4.78, 5) is 0. The zero-order chi connectivity index (χ0) is 14.4. The summed E-state index contributed by atoms with van der Waals surface area (Å²) in [6.45, 7) is 6.48. The maximum absolute atomic E-state index is 6.25. The number of allylic oxidation sites excluding steroid dienone is 1. The van der Waals surface area contributed by atoms with Crippen molar-refractivity contribution in [2.45, 2.75) is 33.2 Å². The number of hydrogen-bond acceptors (Lipinski definition) is 3. The van der Waals surface area contributed by atoms with Gasteiger partial charge in [-0.15, -0.1) is 0 Å². The van der Waals surface area contributed by atoms with E-state index in [0.29, 0.717) is 23.1 Å². The molecule has 3 nitrogen and oxygen atoms in total. The standard InChI is InChI=1S/C15H22ClNO2/c1-10(2)5-6-19-15-13(16)8-12(7-11(3)17)9-14(15)18-4/h5,8-9,11H,6-7,17H2,1-4H3. The van der Waals surface area contributed by atoms with E-state index in [1.807, 2.05) is 39.0 Å². The Morgan fingerprint density at radius 2 is 2.11 bits per heavy atom. The van der Waals surface area contributed by atoms with Crippen LogP contribution in [0.2, 0.25) is 5.02 Å². The molecule has 0 aromatic heterocycles. The van der Waals surface area contributed by atoms with Gasteiger partial charge in [-0.1, -0.05) is 17.2 Å². The maximum atomic E-state index is 6.25. The first kappa shape index (κ1) is 15.9. The van der Waals surface area contributed by atoms with E-state index in [4.69, 9.17) is 26.8 Å². The molecule has 1 atom stereocenters. The van der Waals surface area contributed by atoms with Crippen molar-refractivity contribution in [2.24, 2.45) is 5.73 Å². The van der Waals surface area contributed by atoms with Crippen molar-refractivity contribution in [1.29, 1.82) is 0 Å². The van der Waals surface area contributed by atoms with E-state index >= 15 is 0 Å². The number of nitrogens with two attached hydrogens (primary N) is 1. The summed E-state index contributed by atoms with van der Waals surface area (Å²) in [6.07, 6.45) is 2.75. The first-order valence-corrected chi connectivity index (χ1v) is 6.70. The predicted octanol–water partition coefficient (Wildman–Crippen LogP) is 3.58. The number of benzene rings is 1. The molecule has 1 aromatic rings. The molecule has 1 aromatic carbocycles. The third-order valence-corrected chi connectivity index (χ3v) is 2.85. The smallest absolute Gasteiger partial charge is 0.180 e. The van der Waals surface area contributed by atoms with Gasteiger partial charge in [0.2, 0.25) is 0 Å². The van der Waals surface area contributed by atoms with Gasteiger partial charge < -0.3 is 15.2 Å². The fourth-order valence-corrected chi connectivity index (χ4v) is 1.98. The van der Waals surface area contributed by atoms with Crippen LogP contribution in [0.4, 0.5) is 0 Å². The summed E-state index contributed by atoms with van der Waals surface area (Å²) >= 11 is 6.25. The second-order valence-electron chi connectivity index (χ2n) is 4.88. The molecule has 0 heterocycles. The fraction of sp³-hybridized carbons (Fsp3) is 0.467. The zero-order valence-electron chi connectivity index (χ0n) is 12.0. The van der Waals surface area contributed by atoms with Gasteiger partial charge in [0.05, 0.1) is 12.1 Å². The van der Waals surface area contributed by atoms with Gasteiger partial charge in [-0.3, -0.25) is 0 Å². The molecule has 0 spiro atoms. The average molecular weight is 284 g/mol. The van der Waals surface area contributed by atoms with Gasteiger partial charge >= 0.3 is 0 Å². The lowest BCUT2D eigenvalue weighted by Crippen LogP contribution is -2.17. The lowest BCUT2D eigenvalue weighted by atomic mass is 10.1. The summed E-state index contributed by atoms with van der Waals surface area (Å²) in [5.41, 5.74) is 8.04. The van der Waals surface area contributed by atoms with Crippen molar-refractivity contribution in [3.63, 3.8) is 0 Å². The van der Waals surface area contributed by atoms with Gasteiger partial charge in [0.25, 0.3) is 0 Å². The minimum atomic E-state index is 0.0817. The summed E-state index contributed by atoms with van der Waals surface area (Å²) < 4.78 is 11.0. The second kappa shape index (κ2) is 7.41. The molecule has 0 aliphatic carbocycles. The Bertz CT molecular complexity index is 452. The molecule has 0 bridgehead atoms. The topological polar surface area (TPSA) is 44.5 Å². The Balaban J connectivity index is 2.94. The van der Waals surface area contributed by atoms with Crippen LogP contribution in [0, 0.1) is 0 Å². The van der Waals surface area contributed by atoms with Crippen LogP contribution >= 0.6 is 11.6 Å². The molecule has 0 radical (unpaired) electrons. The van der Waals surface area contributed by atoms with Gasteiger partial charge in [-0.2, -0.15) is 0 Å². The highest BCUT2D eigenvalue weighted by Gasteiger charge is 2.12. The average Bonchev–Trinajstić information content (AvgIpc) is 2.30. The van der Waals surface area contributed by atoms with Crippen LogP contribution < -0.4 is 15.2 Å². The van der Waals surface area contributed by atoms with Gasteiger partial charge in [-0.25, -0.2) is 0 Å². The van der Waals surface area contributed by atoms with Crippen molar-refractivity contribution in [2.75, 3.05) is 13.7 Å². The van der Waals surface area contributed by atoms with E-state index in [1.165, 1.54) is 5.57 Å². The third kappa shape index (κ3) is 5.13. The molecule has 0 saturated carbocycles. The van der Waals surface area contributed by atoms with Crippen molar-refractivity contribution in [3.8, 4) is 11.5 Å². The zero-order valence-corrected chi connectivity index (χ0v) is 12.8. The molecule has 1 rings (SSSR count). The minimum Gasteiger partial charge on any atom is -0.493 e. The highest BCUT2D eigenvalue weighted by atomic mass is 35.5. The van der Waals surface area contributed by atoms with Gasteiger partial charge in [0.1, 0.15) is 6.61 Å². The molecule has 19 heavy (non-hydrogen) atoms. The number of rotatable bonds is 6. The molecule has 106 valence electrons. The summed E-state index contributed by atoms with van der Waals surface area (Å²) in [5.74, 6) is 1.22. The highest BCUT2D eigenvalue weighted by Crippen LogP contribution is 2.36. The Morgan fingerprint density at radius 3 is 2.63 bits per heavy atom.